The standard InChI is InChI=1S/C10H20N/c1-3-4-5-6-7-8-9-10-11-2/h11H,3-10H2,1H3/i2+18. The van der Waals surface area contributed by atoms with Gasteiger partial charge in [0.15, 0.2) is 0 Å². The molecule has 0 atom stereocenters. The van der Waals surface area contributed by atoms with Crippen molar-refractivity contribution in [3.05, 3.63) is 7.05 Å². The molecule has 0 aliphatic rings. The maximum Gasteiger partial charge on any atom is 0.0851 e. The van der Waals surface area contributed by atoms with Gasteiger partial charge < -0.3 is 5.32 Å². The summed E-state index contributed by atoms with van der Waals surface area (Å²) in [6.45, 7) is 3.10. The van der Waals surface area contributed by atoms with E-state index in [1.807, 2.05) is 0 Å². The first-order valence-corrected chi connectivity index (χ1v) is 4.81. The SMILES string of the molecule is CCCCCCCCCN[30C]. The van der Waals surface area contributed by atoms with Crippen molar-refractivity contribution in [3.63, 3.8) is 0 Å². The van der Waals surface area contributed by atoms with Crippen LogP contribution in [0.3, 0.4) is 0 Å². The number of rotatable bonds is 8. The Morgan fingerprint density at radius 2 is 1.45 bits per heavy atom. The molecule has 0 fully saturated rings. The molecule has 0 saturated heterocycles. The summed E-state index contributed by atoms with van der Waals surface area (Å²) in [7, 11) is 6.70. The minimum absolute atomic E-state index is 0.855. The van der Waals surface area contributed by atoms with E-state index in [1.54, 1.807) is 0 Å². The molecule has 0 aromatic heterocycles. The lowest BCUT2D eigenvalue weighted by Crippen LogP contribution is -2.03. The van der Waals surface area contributed by atoms with E-state index in [1.165, 1.54) is 38.5 Å². The Morgan fingerprint density at radius 3 is 2.00 bits per heavy atom. The fraction of sp³-hybridized carbons (Fsp3) is 0.900. The summed E-state index contributed by atoms with van der Waals surface area (Å²) >= 11 is 0. The van der Waals surface area contributed by atoms with E-state index in [4.69, 9.17) is 7.05 Å². The molecular formula is C10H20N. The van der Waals surface area contributed by atoms with E-state index in [2.05, 4.69) is 12.2 Å². The van der Waals surface area contributed by atoms with Gasteiger partial charge in [0.25, 0.3) is 0 Å². The van der Waals surface area contributed by atoms with Gasteiger partial charge in [-0.2, -0.15) is 0 Å². The summed E-state index contributed by atoms with van der Waals surface area (Å²) in [6, 6.07) is 0. The van der Waals surface area contributed by atoms with Crippen LogP contribution in [-0.4, -0.2) is 6.54 Å². The monoisotopic (exact) mass is 172 g/mol. The Labute approximate surface area is 71.6 Å². The molecule has 0 heterocycles. The maximum atomic E-state index is 6.70. The van der Waals surface area contributed by atoms with Gasteiger partial charge in [-0.15, -0.1) is 0 Å². The van der Waals surface area contributed by atoms with Crippen molar-refractivity contribution < 1.29 is 0 Å². The summed E-state index contributed by atoms with van der Waals surface area (Å²) in [6.07, 6.45) is 9.29. The van der Waals surface area contributed by atoms with Gasteiger partial charge in [0.05, 0.1) is 7.05 Å². The molecule has 0 bridgehead atoms. The number of unbranched alkanes of at least 4 members (excludes halogenated alkanes) is 6. The third-order valence-electron chi connectivity index (χ3n) is 1.91. The average Bonchev–Trinajstić information content (AvgIpc) is 2.03. The lowest BCUT2D eigenvalue weighted by molar-refractivity contribution is 0.582. The van der Waals surface area contributed by atoms with E-state index in [0.717, 1.165) is 13.0 Å². The van der Waals surface area contributed by atoms with Gasteiger partial charge in [-0.1, -0.05) is 45.4 Å². The molecule has 0 amide bonds. The van der Waals surface area contributed by atoms with Gasteiger partial charge in [0.1, 0.15) is 0 Å². The van der Waals surface area contributed by atoms with Crippen molar-refractivity contribution in [3.8, 4) is 0 Å². The number of nitrogens with one attached hydrogen (secondary N) is 1. The third kappa shape index (κ3) is 9.96. The molecule has 1 N–H and O–H groups in total. The lowest BCUT2D eigenvalue weighted by atomic mass is 10.1. The predicted octanol–water partition coefficient (Wildman–Crippen LogP) is 2.87. The van der Waals surface area contributed by atoms with Crippen molar-refractivity contribution >= 4 is 0 Å². The Balaban J connectivity index is 2.69. The largest absolute Gasteiger partial charge is 0.306 e. The fourth-order valence-corrected chi connectivity index (χ4v) is 1.17. The van der Waals surface area contributed by atoms with Crippen molar-refractivity contribution in [2.75, 3.05) is 6.54 Å². The first-order chi connectivity index (χ1) is 5.41. The first kappa shape index (κ1) is 11.0. The minimum Gasteiger partial charge on any atom is -0.306 e. The second-order valence-electron chi connectivity index (χ2n) is 3.05. The van der Waals surface area contributed by atoms with Crippen LogP contribution < -0.4 is 5.32 Å². The molecule has 0 aromatic rings. The molecular weight excluding hydrogens is 152 g/mol. The molecule has 3 radical (unpaired) electrons. The maximum absolute atomic E-state index is 6.70. The zero-order chi connectivity index (χ0) is 8.36. The highest BCUT2D eigenvalue weighted by molar-refractivity contribution is 4.47. The summed E-state index contributed by atoms with van der Waals surface area (Å²) in [4.78, 5) is 0. The van der Waals surface area contributed by atoms with Crippen LogP contribution in [0.5, 0.6) is 0 Å². The molecule has 1 nitrogen and oxygen atoms in total. The van der Waals surface area contributed by atoms with E-state index < -0.39 is 0 Å². The predicted molar refractivity (Wildman–Crippen MR) is 49.2 cm³/mol. The Bertz CT molecular complexity index is 53.9. The van der Waals surface area contributed by atoms with Gasteiger partial charge in [-0.3, -0.25) is 0 Å². The second kappa shape index (κ2) is 9.96. The van der Waals surface area contributed by atoms with Gasteiger partial charge >= 0.3 is 0 Å². The normalized spacial score (nSPS) is 10.4. The van der Waals surface area contributed by atoms with Crippen LogP contribution in [0.15, 0.2) is 0 Å². The van der Waals surface area contributed by atoms with E-state index in [0.29, 0.717) is 0 Å². The number of hydrogen-bond acceptors (Lipinski definition) is 1. The van der Waals surface area contributed by atoms with Crippen molar-refractivity contribution in [1.29, 1.82) is 0 Å². The van der Waals surface area contributed by atoms with Crippen LogP contribution in [0.2, 0.25) is 0 Å². The number of hydrogen-bond donors (Lipinski definition) is 1. The molecule has 0 rings (SSSR count). The topological polar surface area (TPSA) is 12.0 Å². The zero-order valence-corrected chi connectivity index (χ0v) is 7.66. The van der Waals surface area contributed by atoms with E-state index in [-0.39, 0.29) is 0 Å². The molecule has 0 unspecified atom stereocenters. The van der Waals surface area contributed by atoms with Crippen LogP contribution >= 0.6 is 0 Å². The van der Waals surface area contributed by atoms with Crippen molar-refractivity contribution in [2.45, 2.75) is 51.9 Å². The third-order valence-corrected chi connectivity index (χ3v) is 1.91. The van der Waals surface area contributed by atoms with Gasteiger partial charge in [0, 0.05) is 0 Å². The zero-order valence-electron chi connectivity index (χ0n) is 7.66. The first-order valence-electron chi connectivity index (χ1n) is 4.81. The summed E-state index contributed by atoms with van der Waals surface area (Å²) < 4.78 is 0. The highest BCUT2D eigenvalue weighted by Gasteiger charge is 1.88. The van der Waals surface area contributed by atoms with Gasteiger partial charge in [-0.25, -0.2) is 0 Å². The van der Waals surface area contributed by atoms with Gasteiger partial charge in [0.2, 0.25) is 0 Å². The highest BCUT2D eigenvalue weighted by Crippen LogP contribution is 2.05. The second-order valence-corrected chi connectivity index (χ2v) is 3.05. The Hall–Kier alpha value is -0.0400. The van der Waals surface area contributed by atoms with Crippen LogP contribution in [0.1, 0.15) is 51.9 Å². The van der Waals surface area contributed by atoms with E-state index in [9.17, 15) is 0 Å². The van der Waals surface area contributed by atoms with Crippen molar-refractivity contribution in [2.24, 2.45) is 0 Å². The van der Waals surface area contributed by atoms with E-state index >= 15 is 0 Å². The van der Waals surface area contributed by atoms with Gasteiger partial charge in [-0.05, 0) is 13.0 Å². The van der Waals surface area contributed by atoms with Crippen LogP contribution in [0, 0.1) is 7.05 Å². The minimum atomic E-state index is 0.855. The molecule has 0 spiro atoms. The molecule has 0 aromatic carbocycles. The van der Waals surface area contributed by atoms with Crippen LogP contribution in [0.25, 0.3) is 0 Å². The molecule has 1 heteroatoms. The molecule has 0 saturated carbocycles. The summed E-state index contributed by atoms with van der Waals surface area (Å²) in [5.41, 5.74) is 0. The lowest BCUT2D eigenvalue weighted by Gasteiger charge is -1.99. The van der Waals surface area contributed by atoms with Crippen LogP contribution in [-0.2, 0) is 0 Å². The summed E-state index contributed by atoms with van der Waals surface area (Å²) in [5.74, 6) is 0. The van der Waals surface area contributed by atoms with Crippen molar-refractivity contribution in [1.82, 2.24) is 5.32 Å². The highest BCUT2D eigenvalue weighted by atomic mass is 30.1. The van der Waals surface area contributed by atoms with Crippen LogP contribution in [0.4, 0.5) is 0 Å². The molecule has 0 aliphatic heterocycles. The smallest absolute Gasteiger partial charge is 0.0851 e. The quantitative estimate of drug-likeness (QED) is 0.555. The average molecular weight is 172 g/mol. The molecule has 0 aliphatic carbocycles. The fourth-order valence-electron chi connectivity index (χ4n) is 1.17. The molecule has 65 valence electrons. The Morgan fingerprint density at radius 1 is 0.909 bits per heavy atom. The molecule has 11 heavy (non-hydrogen) atoms. The Kier molecular flexibility index (Phi) is 9.92. The summed E-state index contributed by atoms with van der Waals surface area (Å²) in [5, 5.41) is 2.42.